The van der Waals surface area contributed by atoms with Gasteiger partial charge in [-0.1, -0.05) is 20.8 Å². The normalized spacial score (nSPS) is 18.8. The SMILES string of the molecule is CC(=O)CCC[C@@H](O[Si](C)(C)C(C)(C)C)[C@@H]1CCc2cc(F)ccc2O1. The van der Waals surface area contributed by atoms with Crippen molar-refractivity contribution in [2.75, 3.05) is 0 Å². The number of hydrogen-bond acceptors (Lipinski definition) is 3. The van der Waals surface area contributed by atoms with Crippen LogP contribution >= 0.6 is 0 Å². The summed E-state index contributed by atoms with van der Waals surface area (Å²) in [5, 5.41) is 0.113. The van der Waals surface area contributed by atoms with E-state index in [2.05, 4.69) is 33.9 Å². The van der Waals surface area contributed by atoms with Crippen LogP contribution in [0.25, 0.3) is 0 Å². The summed E-state index contributed by atoms with van der Waals surface area (Å²) >= 11 is 0. The largest absolute Gasteiger partial charge is 0.487 e. The number of carbonyl (C=O) groups excluding carboxylic acids is 1. The summed E-state index contributed by atoms with van der Waals surface area (Å²) in [6.07, 6.45) is 3.73. The number of Topliss-reactive ketones (excluding diaryl/α,β-unsaturated/α-hetero) is 1. The predicted octanol–water partition coefficient (Wildman–Crippen LogP) is 5.67. The van der Waals surface area contributed by atoms with Crippen molar-refractivity contribution < 1.29 is 18.3 Å². The van der Waals surface area contributed by atoms with Crippen molar-refractivity contribution in [3.8, 4) is 5.75 Å². The highest BCUT2D eigenvalue weighted by atomic mass is 28.4. The van der Waals surface area contributed by atoms with Gasteiger partial charge in [-0.3, -0.25) is 0 Å². The molecule has 0 aliphatic carbocycles. The Kier molecular flexibility index (Phi) is 6.67. The van der Waals surface area contributed by atoms with Crippen LogP contribution in [-0.2, 0) is 15.6 Å². The number of ketones is 1. The third-order valence-electron chi connectivity index (χ3n) is 5.68. The minimum absolute atomic E-state index is 0.0338. The zero-order chi connectivity index (χ0) is 19.5. The maximum Gasteiger partial charge on any atom is 0.192 e. The van der Waals surface area contributed by atoms with Crippen molar-refractivity contribution in [3.05, 3.63) is 29.6 Å². The van der Waals surface area contributed by atoms with Crippen molar-refractivity contribution >= 4 is 14.1 Å². The first kappa shape index (κ1) is 21.1. The molecule has 0 spiro atoms. The smallest absolute Gasteiger partial charge is 0.192 e. The van der Waals surface area contributed by atoms with Gasteiger partial charge in [0, 0.05) is 6.42 Å². The van der Waals surface area contributed by atoms with Gasteiger partial charge < -0.3 is 14.0 Å². The number of rotatable bonds is 7. The zero-order valence-corrected chi connectivity index (χ0v) is 18.0. The Morgan fingerprint density at radius 3 is 2.69 bits per heavy atom. The molecule has 0 fully saturated rings. The minimum atomic E-state index is -1.95. The average Bonchev–Trinajstić information content (AvgIpc) is 2.52. The lowest BCUT2D eigenvalue weighted by atomic mass is 9.96. The van der Waals surface area contributed by atoms with Gasteiger partial charge in [-0.25, -0.2) is 4.39 Å². The Morgan fingerprint density at radius 1 is 1.38 bits per heavy atom. The number of aryl methyl sites for hydroxylation is 1. The molecule has 0 aromatic heterocycles. The molecule has 1 heterocycles. The van der Waals surface area contributed by atoms with Crippen molar-refractivity contribution in [3.63, 3.8) is 0 Å². The van der Waals surface area contributed by atoms with Gasteiger partial charge in [-0.15, -0.1) is 0 Å². The van der Waals surface area contributed by atoms with E-state index in [4.69, 9.17) is 9.16 Å². The van der Waals surface area contributed by atoms with E-state index < -0.39 is 8.32 Å². The standard InChI is InChI=1S/C21H33FO3Si/c1-15(23)8-7-9-20(25-26(5,6)21(2,3)4)19-12-10-16-14-17(22)11-13-18(16)24-19/h11,13-14,19-20H,7-10,12H2,1-6H3/t19-,20+/m0/s1. The van der Waals surface area contributed by atoms with Crippen molar-refractivity contribution in [2.24, 2.45) is 0 Å². The molecule has 0 saturated heterocycles. The average molecular weight is 381 g/mol. The molecule has 26 heavy (non-hydrogen) atoms. The number of halogens is 1. The maximum atomic E-state index is 13.4. The van der Waals surface area contributed by atoms with Crippen LogP contribution in [0.5, 0.6) is 5.75 Å². The van der Waals surface area contributed by atoms with Gasteiger partial charge in [0.25, 0.3) is 0 Å². The topological polar surface area (TPSA) is 35.5 Å². The van der Waals surface area contributed by atoms with Crippen LogP contribution in [-0.4, -0.2) is 26.3 Å². The monoisotopic (exact) mass is 380 g/mol. The van der Waals surface area contributed by atoms with Gasteiger partial charge in [0.2, 0.25) is 0 Å². The second-order valence-corrected chi connectivity index (χ2v) is 13.7. The van der Waals surface area contributed by atoms with Gasteiger partial charge in [0.15, 0.2) is 8.32 Å². The fourth-order valence-corrected chi connectivity index (χ4v) is 4.45. The Morgan fingerprint density at radius 2 is 2.08 bits per heavy atom. The maximum absolute atomic E-state index is 13.4. The molecule has 1 aliphatic rings. The highest BCUT2D eigenvalue weighted by molar-refractivity contribution is 6.74. The van der Waals surface area contributed by atoms with Crippen molar-refractivity contribution in [1.82, 2.24) is 0 Å². The molecular weight excluding hydrogens is 347 g/mol. The molecule has 1 aliphatic heterocycles. The summed E-state index contributed by atoms with van der Waals surface area (Å²) in [6, 6.07) is 4.72. The van der Waals surface area contributed by atoms with Crippen LogP contribution in [0.2, 0.25) is 18.1 Å². The lowest BCUT2D eigenvalue weighted by Crippen LogP contribution is -2.49. The first-order chi connectivity index (χ1) is 12.0. The molecule has 5 heteroatoms. The van der Waals surface area contributed by atoms with Crippen LogP contribution in [0, 0.1) is 5.82 Å². The van der Waals surface area contributed by atoms with Crippen LogP contribution in [0.4, 0.5) is 4.39 Å². The Hall–Kier alpha value is -1.20. The second kappa shape index (κ2) is 8.22. The number of carbonyl (C=O) groups is 1. The van der Waals surface area contributed by atoms with Crippen LogP contribution in [0.3, 0.4) is 0 Å². The molecule has 0 unspecified atom stereocenters. The van der Waals surface area contributed by atoms with E-state index in [9.17, 15) is 9.18 Å². The van der Waals surface area contributed by atoms with Crippen molar-refractivity contribution in [1.29, 1.82) is 0 Å². The zero-order valence-electron chi connectivity index (χ0n) is 17.0. The van der Waals surface area contributed by atoms with E-state index in [1.165, 1.54) is 6.07 Å². The van der Waals surface area contributed by atoms with E-state index in [0.29, 0.717) is 6.42 Å². The molecule has 0 amide bonds. The molecule has 2 rings (SSSR count). The summed E-state index contributed by atoms with van der Waals surface area (Å²) in [5.41, 5.74) is 0.927. The lowest BCUT2D eigenvalue weighted by Gasteiger charge is -2.42. The van der Waals surface area contributed by atoms with Gasteiger partial charge in [0.1, 0.15) is 23.5 Å². The molecule has 0 bridgehead atoms. The molecule has 146 valence electrons. The molecule has 0 saturated carbocycles. The van der Waals surface area contributed by atoms with Crippen LogP contribution < -0.4 is 4.74 Å². The van der Waals surface area contributed by atoms with Gasteiger partial charge in [-0.05, 0) is 74.5 Å². The highest BCUT2D eigenvalue weighted by Crippen LogP contribution is 2.39. The summed E-state index contributed by atoms with van der Waals surface area (Å²) in [4.78, 5) is 11.3. The van der Waals surface area contributed by atoms with Crippen LogP contribution in [0.15, 0.2) is 18.2 Å². The molecular formula is C21H33FO3Si. The van der Waals surface area contributed by atoms with Gasteiger partial charge in [-0.2, -0.15) is 0 Å². The lowest BCUT2D eigenvalue weighted by molar-refractivity contribution is -0.117. The molecule has 0 radical (unpaired) electrons. The Labute approximate surface area is 158 Å². The number of ether oxygens (including phenoxy) is 1. The van der Waals surface area contributed by atoms with E-state index in [1.807, 2.05) is 0 Å². The fraction of sp³-hybridized carbons (Fsp3) is 0.667. The Balaban J connectivity index is 2.15. The molecule has 1 aromatic carbocycles. The molecule has 2 atom stereocenters. The molecule has 0 N–H and O–H groups in total. The highest BCUT2D eigenvalue weighted by Gasteiger charge is 2.41. The van der Waals surface area contributed by atoms with Crippen LogP contribution in [0.1, 0.15) is 58.9 Å². The molecule has 3 nitrogen and oxygen atoms in total. The quantitative estimate of drug-likeness (QED) is 0.572. The Bertz CT molecular complexity index is 637. The predicted molar refractivity (Wildman–Crippen MR) is 106 cm³/mol. The first-order valence-electron chi connectivity index (χ1n) is 9.62. The van der Waals surface area contributed by atoms with E-state index in [0.717, 1.165) is 37.0 Å². The summed E-state index contributed by atoms with van der Waals surface area (Å²) < 4.78 is 26.3. The first-order valence-corrected chi connectivity index (χ1v) is 12.5. The van der Waals surface area contributed by atoms with E-state index in [-0.39, 0.29) is 28.8 Å². The van der Waals surface area contributed by atoms with E-state index in [1.54, 1.807) is 19.1 Å². The second-order valence-electron chi connectivity index (χ2n) is 8.96. The minimum Gasteiger partial charge on any atom is -0.487 e. The number of benzene rings is 1. The third-order valence-corrected chi connectivity index (χ3v) is 10.2. The summed E-state index contributed by atoms with van der Waals surface area (Å²) in [7, 11) is -1.95. The number of fused-ring (bicyclic) bond motifs is 1. The van der Waals surface area contributed by atoms with Crippen molar-refractivity contribution in [2.45, 2.75) is 90.1 Å². The number of hydrogen-bond donors (Lipinski definition) is 0. The van der Waals surface area contributed by atoms with E-state index >= 15 is 0 Å². The van der Waals surface area contributed by atoms with Gasteiger partial charge >= 0.3 is 0 Å². The summed E-state index contributed by atoms with van der Waals surface area (Å²) in [5.74, 6) is 0.751. The fourth-order valence-electron chi connectivity index (χ4n) is 3.07. The molecule has 1 aromatic rings. The summed E-state index contributed by atoms with van der Waals surface area (Å²) in [6.45, 7) is 12.8. The van der Waals surface area contributed by atoms with Gasteiger partial charge in [0.05, 0.1) is 6.10 Å². The third kappa shape index (κ3) is 5.40.